The van der Waals surface area contributed by atoms with Crippen LogP contribution < -0.4 is 10.1 Å². The van der Waals surface area contributed by atoms with Gasteiger partial charge in [0.2, 0.25) is 10.0 Å². The molecule has 11 heteroatoms. The zero-order chi connectivity index (χ0) is 20.2. The van der Waals surface area contributed by atoms with Gasteiger partial charge in [-0.3, -0.25) is 0 Å². The van der Waals surface area contributed by atoms with Crippen LogP contribution in [-0.2, 0) is 15.8 Å². The largest absolute Gasteiger partial charge is 0.345 e. The second-order valence-electron chi connectivity index (χ2n) is 5.86. The van der Waals surface area contributed by atoms with E-state index >= 15 is 4.39 Å². The summed E-state index contributed by atoms with van der Waals surface area (Å²) in [4.78, 5) is -0.338. The Morgan fingerprint density at radius 3 is 2.15 bits per heavy atom. The van der Waals surface area contributed by atoms with Gasteiger partial charge in [0.1, 0.15) is 17.3 Å². The van der Waals surface area contributed by atoms with Gasteiger partial charge in [-0.25, -0.2) is 31.7 Å². The number of alkyl halides is 3. The molecule has 0 radical (unpaired) electrons. The van der Waals surface area contributed by atoms with E-state index in [0.29, 0.717) is 12.1 Å². The Morgan fingerprint density at radius 1 is 1.04 bits per heavy atom. The molecule has 1 unspecified atom stereocenters. The fraction of sp³-hybridized carbons (Fsp3) is 0.188. The van der Waals surface area contributed by atoms with Crippen molar-refractivity contribution in [3.05, 3.63) is 59.7 Å². The van der Waals surface area contributed by atoms with Crippen LogP contribution in [-0.4, -0.2) is 20.1 Å². The summed E-state index contributed by atoms with van der Waals surface area (Å²) in [5.41, 5.74) is -2.35. The number of nitrogens with two attached hydrogens (primary N) is 1. The zero-order valence-corrected chi connectivity index (χ0v) is 14.4. The Bertz CT molecular complexity index is 1040. The number of hydrazone groups is 1. The number of sulfonamides is 1. The second kappa shape index (κ2) is 5.99. The molecular weight excluding hydrogens is 393 g/mol. The van der Waals surface area contributed by atoms with E-state index in [4.69, 9.17) is 5.14 Å². The van der Waals surface area contributed by atoms with Crippen LogP contribution in [0.3, 0.4) is 0 Å². The van der Waals surface area contributed by atoms with Gasteiger partial charge in [-0.2, -0.15) is 13.9 Å². The minimum Gasteiger partial charge on any atom is -0.225 e. The highest BCUT2D eigenvalue weighted by Gasteiger charge is 2.67. The first-order valence-corrected chi connectivity index (χ1v) is 8.94. The maximum Gasteiger partial charge on any atom is 0.345 e. The van der Waals surface area contributed by atoms with Crippen LogP contribution in [0.2, 0.25) is 0 Å². The standard InChI is InChI=1S/C16H12F5N3O2S/c1-9-15(19,20)16(21,13-7-2-10(17)8-14(13)18)24(23-9)11-3-5-12(6-4-11)27(22,25)26/h2-8H,1H3,(H2,22,25,26). The van der Waals surface area contributed by atoms with Gasteiger partial charge in [-0.05, 0) is 43.3 Å². The molecule has 0 fully saturated rings. The van der Waals surface area contributed by atoms with Crippen molar-refractivity contribution in [1.82, 2.24) is 0 Å². The lowest BCUT2D eigenvalue weighted by atomic mass is 9.94. The van der Waals surface area contributed by atoms with E-state index in [1.54, 1.807) is 0 Å². The van der Waals surface area contributed by atoms with Crippen molar-refractivity contribution < 1.29 is 30.4 Å². The number of hydrogen-bond acceptors (Lipinski definition) is 4. The van der Waals surface area contributed by atoms with E-state index in [1.165, 1.54) is 0 Å². The Morgan fingerprint density at radius 2 is 1.63 bits per heavy atom. The summed E-state index contributed by atoms with van der Waals surface area (Å²) >= 11 is 0. The average Bonchev–Trinajstić information content (AvgIpc) is 2.75. The van der Waals surface area contributed by atoms with Crippen LogP contribution in [0.4, 0.5) is 27.6 Å². The van der Waals surface area contributed by atoms with Crippen molar-refractivity contribution >= 4 is 21.4 Å². The Labute approximate surface area is 150 Å². The van der Waals surface area contributed by atoms with Gasteiger partial charge >= 0.3 is 5.92 Å². The Kier molecular flexibility index (Phi) is 4.27. The third kappa shape index (κ3) is 2.86. The normalized spacial score (nSPS) is 22.0. The molecule has 2 aromatic rings. The molecule has 0 saturated heterocycles. The second-order valence-corrected chi connectivity index (χ2v) is 7.42. The molecular formula is C16H12F5N3O2S. The topological polar surface area (TPSA) is 75.8 Å². The van der Waals surface area contributed by atoms with Gasteiger partial charge < -0.3 is 0 Å². The minimum absolute atomic E-state index is 0.228. The van der Waals surface area contributed by atoms with Crippen molar-refractivity contribution in [2.45, 2.75) is 23.5 Å². The fourth-order valence-corrected chi connectivity index (χ4v) is 3.22. The predicted molar refractivity (Wildman–Crippen MR) is 87.5 cm³/mol. The number of primary sulfonamides is 1. The third-order valence-corrected chi connectivity index (χ3v) is 5.04. The predicted octanol–water partition coefficient (Wildman–Crippen LogP) is 3.27. The van der Waals surface area contributed by atoms with E-state index in [0.717, 1.165) is 31.2 Å². The first-order chi connectivity index (χ1) is 12.4. The molecule has 0 saturated carbocycles. The molecule has 2 N–H and O–H groups in total. The number of hydrogen-bond donors (Lipinski definition) is 1. The lowest BCUT2D eigenvalue weighted by Gasteiger charge is -2.34. The summed E-state index contributed by atoms with van der Waals surface area (Å²) in [5, 5.41) is 8.66. The number of nitrogens with zero attached hydrogens (tertiary/aromatic N) is 2. The molecule has 1 aliphatic heterocycles. The summed E-state index contributed by atoms with van der Waals surface area (Å²) in [7, 11) is -4.07. The summed E-state index contributed by atoms with van der Waals surface area (Å²) in [6.45, 7) is 0.856. The van der Waals surface area contributed by atoms with Crippen LogP contribution in [0.15, 0.2) is 52.5 Å². The van der Waals surface area contributed by atoms with Crippen molar-refractivity contribution in [3.8, 4) is 0 Å². The summed E-state index contributed by atoms with van der Waals surface area (Å²) in [6, 6.07) is 5.41. The lowest BCUT2D eigenvalue weighted by molar-refractivity contribution is -0.0802. The molecule has 0 spiro atoms. The van der Waals surface area contributed by atoms with Crippen LogP contribution >= 0.6 is 0 Å². The van der Waals surface area contributed by atoms with Crippen molar-refractivity contribution in [2.75, 3.05) is 5.01 Å². The maximum absolute atomic E-state index is 15.7. The van der Waals surface area contributed by atoms with Gasteiger partial charge in [-0.1, -0.05) is 0 Å². The van der Waals surface area contributed by atoms with Gasteiger partial charge in [0, 0.05) is 6.07 Å². The molecule has 1 aliphatic rings. The number of halogens is 5. The number of anilines is 1. The third-order valence-electron chi connectivity index (χ3n) is 4.11. The summed E-state index contributed by atoms with van der Waals surface area (Å²) in [5.74, 6) is -10.6. The Hall–Kier alpha value is -2.53. The molecule has 144 valence electrons. The molecule has 1 atom stereocenters. The fourth-order valence-electron chi connectivity index (χ4n) is 2.71. The Balaban J connectivity index is 2.18. The molecule has 1 heterocycles. The molecule has 5 nitrogen and oxygen atoms in total. The highest BCUT2D eigenvalue weighted by Crippen LogP contribution is 2.51. The molecule has 0 amide bonds. The van der Waals surface area contributed by atoms with Gasteiger partial charge in [-0.15, -0.1) is 0 Å². The molecule has 27 heavy (non-hydrogen) atoms. The van der Waals surface area contributed by atoms with Crippen molar-refractivity contribution in [1.29, 1.82) is 0 Å². The van der Waals surface area contributed by atoms with Crippen LogP contribution in [0.1, 0.15) is 12.5 Å². The van der Waals surface area contributed by atoms with E-state index in [2.05, 4.69) is 5.10 Å². The molecule has 0 bridgehead atoms. The number of benzene rings is 2. The van der Waals surface area contributed by atoms with Gasteiger partial charge in [0.25, 0.3) is 5.79 Å². The first kappa shape index (κ1) is 19.2. The molecule has 0 aromatic heterocycles. The summed E-state index contributed by atoms with van der Waals surface area (Å²) in [6.07, 6.45) is 0. The van der Waals surface area contributed by atoms with Crippen LogP contribution in [0.25, 0.3) is 0 Å². The lowest BCUT2D eigenvalue weighted by Crippen LogP contribution is -2.51. The van der Waals surface area contributed by atoms with Gasteiger partial charge in [0.05, 0.1) is 16.1 Å². The minimum atomic E-state index is -4.25. The van der Waals surface area contributed by atoms with E-state index < -0.39 is 44.6 Å². The maximum atomic E-state index is 15.7. The molecule has 0 aliphatic carbocycles. The molecule has 3 rings (SSSR count). The SMILES string of the molecule is CC1=NN(c2ccc(S(N)(=O)=O)cc2)C(F)(c2ccc(F)cc2F)C1(F)F. The summed E-state index contributed by atoms with van der Waals surface area (Å²) < 4.78 is 94.9. The highest BCUT2D eigenvalue weighted by atomic mass is 32.2. The average molecular weight is 405 g/mol. The van der Waals surface area contributed by atoms with E-state index in [1.807, 2.05) is 0 Å². The smallest absolute Gasteiger partial charge is 0.225 e. The number of rotatable bonds is 3. The first-order valence-electron chi connectivity index (χ1n) is 7.40. The quantitative estimate of drug-likeness (QED) is 0.629. The van der Waals surface area contributed by atoms with E-state index in [-0.39, 0.29) is 21.7 Å². The highest BCUT2D eigenvalue weighted by molar-refractivity contribution is 7.89. The van der Waals surface area contributed by atoms with E-state index in [9.17, 15) is 26.0 Å². The van der Waals surface area contributed by atoms with Gasteiger partial charge in [0.15, 0.2) is 0 Å². The zero-order valence-electron chi connectivity index (χ0n) is 13.6. The monoisotopic (exact) mass is 405 g/mol. The molecule has 2 aromatic carbocycles. The van der Waals surface area contributed by atoms with Crippen molar-refractivity contribution in [3.63, 3.8) is 0 Å². The van der Waals surface area contributed by atoms with Crippen LogP contribution in [0, 0.1) is 11.6 Å². The van der Waals surface area contributed by atoms with Crippen molar-refractivity contribution in [2.24, 2.45) is 10.2 Å². The van der Waals surface area contributed by atoms with Crippen LogP contribution in [0.5, 0.6) is 0 Å².